The molecule has 1 fully saturated rings. The van der Waals surface area contributed by atoms with Crippen molar-refractivity contribution in [2.24, 2.45) is 0 Å². The van der Waals surface area contributed by atoms with E-state index in [-0.39, 0.29) is 34.5 Å². The first-order chi connectivity index (χ1) is 11.8. The molecular formula is C16H21ClN2O5S. The van der Waals surface area contributed by atoms with Gasteiger partial charge in [-0.25, -0.2) is 13.2 Å². The van der Waals surface area contributed by atoms with Crippen molar-refractivity contribution in [2.75, 3.05) is 26.2 Å². The number of carbonyl (C=O) groups is 2. The summed E-state index contributed by atoms with van der Waals surface area (Å²) in [7, 11) is -3.66. The molecule has 0 aromatic heterocycles. The zero-order chi connectivity index (χ0) is 18.4. The van der Waals surface area contributed by atoms with Gasteiger partial charge in [0.1, 0.15) is 6.61 Å². The van der Waals surface area contributed by atoms with Crippen LogP contribution in [-0.2, 0) is 19.6 Å². The third-order valence-corrected chi connectivity index (χ3v) is 6.04. The Labute approximate surface area is 152 Å². The Morgan fingerprint density at radius 3 is 2.56 bits per heavy atom. The summed E-state index contributed by atoms with van der Waals surface area (Å²) in [5, 5.41) is 2.61. The molecule has 0 radical (unpaired) electrons. The van der Waals surface area contributed by atoms with Crippen LogP contribution in [0.3, 0.4) is 0 Å². The first-order valence-electron chi connectivity index (χ1n) is 8.03. The molecule has 0 spiro atoms. The summed E-state index contributed by atoms with van der Waals surface area (Å²) in [6.07, 6.45) is 2.66. The quantitative estimate of drug-likeness (QED) is 0.592. The van der Waals surface area contributed by atoms with Gasteiger partial charge in [-0.15, -0.1) is 0 Å². The van der Waals surface area contributed by atoms with E-state index in [9.17, 15) is 18.0 Å². The number of esters is 1. The van der Waals surface area contributed by atoms with Crippen molar-refractivity contribution in [1.29, 1.82) is 0 Å². The van der Waals surface area contributed by atoms with Gasteiger partial charge in [-0.05, 0) is 31.0 Å². The van der Waals surface area contributed by atoms with Crippen molar-refractivity contribution in [3.8, 4) is 0 Å². The Bertz CT molecular complexity index is 745. The van der Waals surface area contributed by atoms with Crippen LogP contribution in [0.2, 0.25) is 5.02 Å². The molecular weight excluding hydrogens is 368 g/mol. The summed E-state index contributed by atoms with van der Waals surface area (Å²) < 4.78 is 31.8. The monoisotopic (exact) mass is 388 g/mol. The Hall–Kier alpha value is -1.64. The van der Waals surface area contributed by atoms with Gasteiger partial charge in [-0.1, -0.05) is 18.0 Å². The molecule has 1 aliphatic heterocycles. The largest absolute Gasteiger partial charge is 0.460 e. The molecule has 1 heterocycles. The minimum atomic E-state index is -3.66. The number of ether oxygens (including phenoxy) is 1. The molecule has 1 amide bonds. The van der Waals surface area contributed by atoms with Crippen molar-refractivity contribution < 1.29 is 22.7 Å². The molecule has 0 unspecified atom stereocenters. The highest BCUT2D eigenvalue weighted by Crippen LogP contribution is 2.25. The summed E-state index contributed by atoms with van der Waals surface area (Å²) in [6.45, 7) is 2.44. The lowest BCUT2D eigenvalue weighted by Crippen LogP contribution is -2.35. The van der Waals surface area contributed by atoms with Crippen LogP contribution in [0.15, 0.2) is 23.1 Å². The van der Waals surface area contributed by atoms with Crippen molar-refractivity contribution in [1.82, 2.24) is 9.62 Å². The Balaban J connectivity index is 2.13. The van der Waals surface area contributed by atoms with Gasteiger partial charge in [0, 0.05) is 20.0 Å². The summed E-state index contributed by atoms with van der Waals surface area (Å²) >= 11 is 6.01. The van der Waals surface area contributed by atoms with E-state index >= 15 is 0 Å². The van der Waals surface area contributed by atoms with E-state index in [1.54, 1.807) is 0 Å². The summed E-state index contributed by atoms with van der Waals surface area (Å²) in [4.78, 5) is 22.9. The number of nitrogens with zero attached hydrogens (tertiary/aromatic N) is 1. The topological polar surface area (TPSA) is 92.8 Å². The number of piperidine rings is 1. The van der Waals surface area contributed by atoms with Crippen molar-refractivity contribution >= 4 is 33.5 Å². The average Bonchev–Trinajstić information content (AvgIpc) is 2.59. The van der Waals surface area contributed by atoms with Crippen LogP contribution < -0.4 is 5.32 Å². The van der Waals surface area contributed by atoms with Gasteiger partial charge in [-0.3, -0.25) is 4.79 Å². The Morgan fingerprint density at radius 1 is 1.24 bits per heavy atom. The molecule has 1 N–H and O–H groups in total. The summed E-state index contributed by atoms with van der Waals surface area (Å²) in [6, 6.07) is 4.01. The summed E-state index contributed by atoms with van der Waals surface area (Å²) in [5.74, 6) is -0.963. The van der Waals surface area contributed by atoms with Crippen LogP contribution in [-0.4, -0.2) is 50.8 Å². The zero-order valence-corrected chi connectivity index (χ0v) is 15.5. The Morgan fingerprint density at radius 2 is 1.92 bits per heavy atom. The van der Waals surface area contributed by atoms with Gasteiger partial charge in [0.2, 0.25) is 15.9 Å². The van der Waals surface area contributed by atoms with Crippen LogP contribution in [0.4, 0.5) is 0 Å². The number of benzene rings is 1. The van der Waals surface area contributed by atoms with E-state index in [0.717, 1.165) is 19.3 Å². The molecule has 1 aliphatic rings. The van der Waals surface area contributed by atoms with E-state index < -0.39 is 16.0 Å². The van der Waals surface area contributed by atoms with E-state index in [4.69, 9.17) is 16.3 Å². The first-order valence-corrected chi connectivity index (χ1v) is 9.85. The van der Waals surface area contributed by atoms with Crippen molar-refractivity contribution in [3.05, 3.63) is 28.8 Å². The number of hydrogen-bond donors (Lipinski definition) is 1. The minimum absolute atomic E-state index is 0.0115. The second kappa shape index (κ2) is 8.64. The molecule has 7 nitrogen and oxygen atoms in total. The third kappa shape index (κ3) is 5.17. The standard InChI is InChI=1S/C16H21ClN2O5S/c1-12(20)18-7-10-24-16(21)14-11-13(5-6-15(14)17)25(22,23)19-8-3-2-4-9-19/h5-6,11H,2-4,7-10H2,1H3,(H,18,20). The highest BCUT2D eigenvalue weighted by molar-refractivity contribution is 7.89. The third-order valence-electron chi connectivity index (χ3n) is 3.82. The smallest absolute Gasteiger partial charge is 0.339 e. The number of carbonyl (C=O) groups excluding carboxylic acids is 2. The fourth-order valence-corrected chi connectivity index (χ4v) is 4.26. The predicted molar refractivity (Wildman–Crippen MR) is 93.0 cm³/mol. The van der Waals surface area contributed by atoms with Crippen LogP contribution in [0.1, 0.15) is 36.5 Å². The number of sulfonamides is 1. The molecule has 1 aromatic carbocycles. The highest BCUT2D eigenvalue weighted by Gasteiger charge is 2.27. The molecule has 0 bridgehead atoms. The van der Waals surface area contributed by atoms with Gasteiger partial charge >= 0.3 is 5.97 Å². The van der Waals surface area contributed by atoms with Crippen LogP contribution >= 0.6 is 11.6 Å². The van der Waals surface area contributed by atoms with E-state index in [1.807, 2.05) is 0 Å². The minimum Gasteiger partial charge on any atom is -0.460 e. The molecule has 1 aromatic rings. The van der Waals surface area contributed by atoms with Gasteiger partial charge < -0.3 is 10.1 Å². The number of halogens is 1. The predicted octanol–water partition coefficient (Wildman–Crippen LogP) is 1.81. The highest BCUT2D eigenvalue weighted by atomic mass is 35.5. The number of hydrogen-bond acceptors (Lipinski definition) is 5. The molecule has 0 saturated carbocycles. The molecule has 25 heavy (non-hydrogen) atoms. The molecule has 2 rings (SSSR count). The maximum Gasteiger partial charge on any atom is 0.339 e. The van der Waals surface area contributed by atoms with E-state index in [1.165, 1.54) is 29.4 Å². The Kier molecular flexibility index (Phi) is 6.80. The number of amides is 1. The van der Waals surface area contributed by atoms with Crippen LogP contribution in [0.25, 0.3) is 0 Å². The van der Waals surface area contributed by atoms with Gasteiger partial charge in [0.25, 0.3) is 0 Å². The molecule has 1 saturated heterocycles. The van der Waals surface area contributed by atoms with Gasteiger partial charge in [0.05, 0.1) is 22.0 Å². The van der Waals surface area contributed by atoms with E-state index in [2.05, 4.69) is 5.32 Å². The van der Waals surface area contributed by atoms with Crippen molar-refractivity contribution in [3.63, 3.8) is 0 Å². The lowest BCUT2D eigenvalue weighted by atomic mass is 10.2. The molecule has 9 heteroatoms. The van der Waals surface area contributed by atoms with Gasteiger partial charge in [0.15, 0.2) is 0 Å². The molecule has 0 aliphatic carbocycles. The normalized spacial score (nSPS) is 15.6. The lowest BCUT2D eigenvalue weighted by molar-refractivity contribution is -0.119. The number of rotatable bonds is 6. The fourth-order valence-electron chi connectivity index (χ4n) is 2.52. The maximum absolute atomic E-state index is 12.7. The fraction of sp³-hybridized carbons (Fsp3) is 0.500. The SMILES string of the molecule is CC(=O)NCCOC(=O)c1cc(S(=O)(=O)N2CCCCC2)ccc1Cl. The zero-order valence-electron chi connectivity index (χ0n) is 14.0. The second-order valence-corrected chi connectivity index (χ2v) is 8.07. The molecule has 0 atom stereocenters. The van der Waals surface area contributed by atoms with Crippen LogP contribution in [0.5, 0.6) is 0 Å². The van der Waals surface area contributed by atoms with Crippen molar-refractivity contribution in [2.45, 2.75) is 31.1 Å². The van der Waals surface area contributed by atoms with E-state index in [0.29, 0.717) is 13.1 Å². The summed E-state index contributed by atoms with van der Waals surface area (Å²) in [5.41, 5.74) is -0.0115. The van der Waals surface area contributed by atoms with Gasteiger partial charge in [-0.2, -0.15) is 4.31 Å². The maximum atomic E-state index is 12.7. The average molecular weight is 389 g/mol. The van der Waals surface area contributed by atoms with Crippen LogP contribution in [0, 0.1) is 0 Å². The molecule has 138 valence electrons. The number of nitrogens with one attached hydrogen (secondary N) is 1. The lowest BCUT2D eigenvalue weighted by Gasteiger charge is -2.26. The second-order valence-electron chi connectivity index (χ2n) is 5.73. The first kappa shape index (κ1) is 19.7.